The van der Waals surface area contributed by atoms with Crippen LogP contribution in [0, 0.1) is 0 Å². The van der Waals surface area contributed by atoms with E-state index in [1.165, 1.54) is 17.7 Å². The molecule has 1 aliphatic rings. The number of nitrogens with zero attached hydrogens (tertiary/aromatic N) is 2. The average Bonchev–Trinajstić information content (AvgIpc) is 2.75. The van der Waals surface area contributed by atoms with Gasteiger partial charge in [-0.25, -0.2) is 0 Å². The van der Waals surface area contributed by atoms with Crippen molar-refractivity contribution in [2.45, 2.75) is 12.8 Å². The molecule has 0 radical (unpaired) electrons. The molecular formula is C13H15N3O. The van der Waals surface area contributed by atoms with Crippen LogP contribution >= 0.6 is 0 Å². The average molecular weight is 229 g/mol. The molecule has 0 bridgehead atoms. The summed E-state index contributed by atoms with van der Waals surface area (Å²) in [7, 11) is 2.13. The Morgan fingerprint density at radius 3 is 3.06 bits per heavy atom. The van der Waals surface area contributed by atoms with Gasteiger partial charge in [0.25, 0.3) is 0 Å². The summed E-state index contributed by atoms with van der Waals surface area (Å²) in [4.78, 5) is 2.29. The van der Waals surface area contributed by atoms with Crippen LogP contribution in [0.5, 0.6) is 0 Å². The topological polar surface area (TPSA) is 55.3 Å². The van der Waals surface area contributed by atoms with E-state index in [2.05, 4.69) is 35.3 Å². The van der Waals surface area contributed by atoms with Crippen LogP contribution in [0.15, 0.2) is 28.9 Å². The van der Waals surface area contributed by atoms with E-state index >= 15 is 0 Å². The second-order valence-electron chi connectivity index (χ2n) is 4.47. The summed E-state index contributed by atoms with van der Waals surface area (Å²) < 4.78 is 4.90. The van der Waals surface area contributed by atoms with Crippen molar-refractivity contribution in [3.63, 3.8) is 0 Å². The van der Waals surface area contributed by atoms with Gasteiger partial charge in [-0.1, -0.05) is 11.2 Å². The maximum absolute atomic E-state index is 5.74. The van der Waals surface area contributed by atoms with Crippen molar-refractivity contribution in [3.05, 3.63) is 30.0 Å². The zero-order valence-electron chi connectivity index (χ0n) is 9.81. The summed E-state index contributed by atoms with van der Waals surface area (Å²) in [6.07, 6.45) is 3.99. The van der Waals surface area contributed by atoms with E-state index in [1.807, 2.05) is 0 Å². The van der Waals surface area contributed by atoms with E-state index in [4.69, 9.17) is 10.3 Å². The Morgan fingerprint density at radius 1 is 1.41 bits per heavy atom. The molecule has 2 aromatic rings. The second kappa shape index (κ2) is 3.80. The third-order valence-corrected chi connectivity index (χ3v) is 3.34. The van der Waals surface area contributed by atoms with Gasteiger partial charge in [0.15, 0.2) is 0 Å². The zero-order valence-corrected chi connectivity index (χ0v) is 9.81. The van der Waals surface area contributed by atoms with Crippen LogP contribution in [-0.4, -0.2) is 18.7 Å². The fourth-order valence-corrected chi connectivity index (χ4v) is 2.42. The first-order chi connectivity index (χ1) is 8.25. The number of hydrogen-bond donors (Lipinski definition) is 1. The summed E-state index contributed by atoms with van der Waals surface area (Å²) in [6, 6.07) is 6.41. The SMILES string of the molecule is CN1CCCc2cc(-c3cnoc3N)ccc21. The highest BCUT2D eigenvalue weighted by molar-refractivity contribution is 5.75. The van der Waals surface area contributed by atoms with Crippen molar-refractivity contribution in [1.82, 2.24) is 5.16 Å². The molecule has 0 spiro atoms. The van der Waals surface area contributed by atoms with Crippen LogP contribution in [0.3, 0.4) is 0 Å². The van der Waals surface area contributed by atoms with Gasteiger partial charge in [0.2, 0.25) is 5.88 Å². The van der Waals surface area contributed by atoms with E-state index in [9.17, 15) is 0 Å². The molecule has 0 atom stereocenters. The summed E-state index contributed by atoms with van der Waals surface area (Å²) in [5, 5.41) is 3.71. The lowest BCUT2D eigenvalue weighted by Gasteiger charge is -2.27. The fraction of sp³-hybridized carbons (Fsp3) is 0.308. The normalized spacial score (nSPS) is 14.8. The molecule has 0 unspecified atom stereocenters. The molecule has 4 heteroatoms. The van der Waals surface area contributed by atoms with Gasteiger partial charge in [0, 0.05) is 19.3 Å². The highest BCUT2D eigenvalue weighted by Crippen LogP contribution is 2.32. The Kier molecular flexibility index (Phi) is 2.28. The van der Waals surface area contributed by atoms with Gasteiger partial charge >= 0.3 is 0 Å². The molecule has 0 saturated carbocycles. The summed E-state index contributed by atoms with van der Waals surface area (Å²) in [5.41, 5.74) is 10.4. The van der Waals surface area contributed by atoms with Crippen molar-refractivity contribution >= 4 is 11.6 Å². The van der Waals surface area contributed by atoms with Crippen molar-refractivity contribution in [1.29, 1.82) is 0 Å². The number of aryl methyl sites for hydroxylation is 1. The van der Waals surface area contributed by atoms with Crippen molar-refractivity contribution in [2.24, 2.45) is 0 Å². The molecule has 2 heterocycles. The minimum atomic E-state index is 0.383. The van der Waals surface area contributed by atoms with E-state index in [0.29, 0.717) is 5.88 Å². The smallest absolute Gasteiger partial charge is 0.229 e. The predicted molar refractivity (Wildman–Crippen MR) is 67.9 cm³/mol. The Bertz CT molecular complexity index is 547. The van der Waals surface area contributed by atoms with Crippen molar-refractivity contribution < 1.29 is 4.52 Å². The van der Waals surface area contributed by atoms with E-state index in [-0.39, 0.29) is 0 Å². The third kappa shape index (κ3) is 1.65. The molecule has 0 fully saturated rings. The van der Waals surface area contributed by atoms with Crippen LogP contribution < -0.4 is 10.6 Å². The predicted octanol–water partition coefficient (Wildman–Crippen LogP) is 2.31. The minimum Gasteiger partial charge on any atom is -0.374 e. The Labute approximate surface area is 100 Å². The number of anilines is 2. The maximum Gasteiger partial charge on any atom is 0.229 e. The van der Waals surface area contributed by atoms with Crippen LogP contribution in [0.25, 0.3) is 11.1 Å². The Hall–Kier alpha value is -1.97. The molecule has 0 amide bonds. The van der Waals surface area contributed by atoms with E-state index < -0.39 is 0 Å². The minimum absolute atomic E-state index is 0.383. The van der Waals surface area contributed by atoms with Crippen molar-refractivity contribution in [2.75, 3.05) is 24.2 Å². The lowest BCUT2D eigenvalue weighted by atomic mass is 9.97. The van der Waals surface area contributed by atoms with Crippen LogP contribution in [0.1, 0.15) is 12.0 Å². The molecule has 3 rings (SSSR count). The fourth-order valence-electron chi connectivity index (χ4n) is 2.42. The van der Waals surface area contributed by atoms with Crippen molar-refractivity contribution in [3.8, 4) is 11.1 Å². The lowest BCUT2D eigenvalue weighted by molar-refractivity contribution is 0.436. The van der Waals surface area contributed by atoms with Gasteiger partial charge in [-0.15, -0.1) is 0 Å². The molecule has 0 saturated heterocycles. The van der Waals surface area contributed by atoms with Gasteiger partial charge < -0.3 is 15.2 Å². The monoisotopic (exact) mass is 229 g/mol. The number of fused-ring (bicyclic) bond motifs is 1. The largest absolute Gasteiger partial charge is 0.374 e. The van der Waals surface area contributed by atoms with Gasteiger partial charge in [-0.3, -0.25) is 0 Å². The second-order valence-corrected chi connectivity index (χ2v) is 4.47. The summed E-state index contributed by atoms with van der Waals surface area (Å²) in [6.45, 7) is 1.13. The highest BCUT2D eigenvalue weighted by Gasteiger charge is 2.15. The Morgan fingerprint density at radius 2 is 2.29 bits per heavy atom. The van der Waals surface area contributed by atoms with Crippen LogP contribution in [-0.2, 0) is 6.42 Å². The van der Waals surface area contributed by atoms with Crippen LogP contribution in [0.4, 0.5) is 11.6 Å². The van der Waals surface area contributed by atoms with E-state index in [0.717, 1.165) is 24.1 Å². The first kappa shape index (κ1) is 10.2. The van der Waals surface area contributed by atoms with E-state index in [1.54, 1.807) is 6.20 Å². The zero-order chi connectivity index (χ0) is 11.8. The molecule has 1 aromatic carbocycles. The number of rotatable bonds is 1. The molecule has 1 aromatic heterocycles. The standard InChI is InChI=1S/C13H15N3O/c1-16-6-2-3-10-7-9(4-5-12(10)16)11-8-15-17-13(11)14/h4-5,7-8H,2-3,6,14H2,1H3. The number of hydrogen-bond acceptors (Lipinski definition) is 4. The Balaban J connectivity index is 2.07. The van der Waals surface area contributed by atoms with Crippen LogP contribution in [0.2, 0.25) is 0 Å². The summed E-state index contributed by atoms with van der Waals surface area (Å²) >= 11 is 0. The third-order valence-electron chi connectivity index (χ3n) is 3.34. The molecule has 0 aliphatic carbocycles. The number of benzene rings is 1. The molecule has 17 heavy (non-hydrogen) atoms. The molecule has 4 nitrogen and oxygen atoms in total. The summed E-state index contributed by atoms with van der Waals surface area (Å²) in [5.74, 6) is 0.383. The lowest BCUT2D eigenvalue weighted by Crippen LogP contribution is -2.24. The maximum atomic E-state index is 5.74. The van der Waals surface area contributed by atoms with Gasteiger partial charge in [0.05, 0.1) is 11.8 Å². The van der Waals surface area contributed by atoms with Gasteiger partial charge in [-0.2, -0.15) is 0 Å². The molecule has 1 aliphatic heterocycles. The van der Waals surface area contributed by atoms with Gasteiger partial charge in [0.1, 0.15) is 0 Å². The molecule has 2 N–H and O–H groups in total. The number of aromatic nitrogens is 1. The van der Waals surface area contributed by atoms with Gasteiger partial charge in [-0.05, 0) is 36.1 Å². The number of nitrogen functional groups attached to an aromatic ring is 1. The quantitative estimate of drug-likeness (QED) is 0.815. The molecule has 88 valence electrons. The first-order valence-corrected chi connectivity index (χ1v) is 5.80. The first-order valence-electron chi connectivity index (χ1n) is 5.80. The number of nitrogens with two attached hydrogens (primary N) is 1. The molecular weight excluding hydrogens is 214 g/mol. The highest BCUT2D eigenvalue weighted by atomic mass is 16.5.